The van der Waals surface area contributed by atoms with Crippen molar-refractivity contribution in [2.45, 2.75) is 25.3 Å². The van der Waals surface area contributed by atoms with E-state index in [1.807, 2.05) is 0 Å². The molecule has 1 aliphatic carbocycles. The molecule has 3 N–H and O–H groups in total. The molecule has 3 rings (SSSR count). The van der Waals surface area contributed by atoms with Gasteiger partial charge in [-0.1, -0.05) is 22.0 Å². The van der Waals surface area contributed by atoms with E-state index in [2.05, 4.69) is 31.4 Å². The summed E-state index contributed by atoms with van der Waals surface area (Å²) in [5.41, 5.74) is 2.39. The Morgan fingerprint density at radius 2 is 2.14 bits per heavy atom. The maximum atomic E-state index is 12.1. The lowest BCUT2D eigenvalue weighted by molar-refractivity contribution is 0.0696. The number of aromatic nitrogens is 2. The van der Waals surface area contributed by atoms with Gasteiger partial charge >= 0.3 is 5.97 Å². The Labute approximate surface area is 135 Å². The molecule has 0 spiro atoms. The summed E-state index contributed by atoms with van der Waals surface area (Å²) < 4.78 is 0.647. The van der Waals surface area contributed by atoms with Crippen molar-refractivity contribution in [1.29, 1.82) is 0 Å². The van der Waals surface area contributed by atoms with Gasteiger partial charge in [-0.3, -0.25) is 9.89 Å². The summed E-state index contributed by atoms with van der Waals surface area (Å²) in [5.74, 6) is -0.718. The third-order valence-electron chi connectivity index (χ3n) is 3.59. The molecule has 1 aromatic heterocycles. The lowest BCUT2D eigenvalue weighted by Gasteiger charge is -2.06. The maximum Gasteiger partial charge on any atom is 0.335 e. The summed E-state index contributed by atoms with van der Waals surface area (Å²) in [6.45, 7) is 0.297. The van der Waals surface area contributed by atoms with Crippen LogP contribution < -0.4 is 5.32 Å². The standard InChI is InChI=1S/C15H14BrN3O3/c16-11-5-9(15(21)22)3-4-10(11)7-17-14(20)13-6-12(18-19-13)8-1-2-8/h3-6,8H,1-2,7H2,(H,17,20)(H,18,19)(H,21,22). The van der Waals surface area contributed by atoms with Crippen molar-refractivity contribution >= 4 is 27.8 Å². The predicted molar refractivity (Wildman–Crippen MR) is 82.8 cm³/mol. The van der Waals surface area contributed by atoms with Gasteiger partial charge in [-0.05, 0) is 36.6 Å². The highest BCUT2D eigenvalue weighted by Crippen LogP contribution is 2.38. The first-order chi connectivity index (χ1) is 10.5. The average Bonchev–Trinajstić information content (AvgIpc) is 3.22. The van der Waals surface area contributed by atoms with Crippen molar-refractivity contribution < 1.29 is 14.7 Å². The zero-order chi connectivity index (χ0) is 15.7. The van der Waals surface area contributed by atoms with Crippen LogP contribution in [-0.2, 0) is 6.54 Å². The van der Waals surface area contributed by atoms with Crippen LogP contribution in [-0.4, -0.2) is 27.2 Å². The van der Waals surface area contributed by atoms with Crippen molar-refractivity contribution in [2.24, 2.45) is 0 Å². The normalized spacial score (nSPS) is 13.9. The third-order valence-corrected chi connectivity index (χ3v) is 4.33. The molecular formula is C15H14BrN3O3. The second-order valence-electron chi connectivity index (χ2n) is 5.28. The lowest BCUT2D eigenvalue weighted by Crippen LogP contribution is -2.23. The van der Waals surface area contributed by atoms with E-state index >= 15 is 0 Å². The fourth-order valence-electron chi connectivity index (χ4n) is 2.15. The van der Waals surface area contributed by atoms with Crippen molar-refractivity contribution in [3.05, 3.63) is 51.3 Å². The minimum absolute atomic E-state index is 0.198. The van der Waals surface area contributed by atoms with Crippen LogP contribution in [0.3, 0.4) is 0 Å². The largest absolute Gasteiger partial charge is 0.478 e. The third kappa shape index (κ3) is 3.19. The molecule has 6 nitrogen and oxygen atoms in total. The number of aromatic amines is 1. The molecule has 1 saturated carbocycles. The van der Waals surface area contributed by atoms with Crippen LogP contribution in [0.4, 0.5) is 0 Å². The number of carbonyl (C=O) groups excluding carboxylic acids is 1. The van der Waals surface area contributed by atoms with Gasteiger partial charge in [0.1, 0.15) is 5.69 Å². The van der Waals surface area contributed by atoms with Gasteiger partial charge in [0.05, 0.1) is 5.56 Å². The topological polar surface area (TPSA) is 95.1 Å². The number of nitrogens with one attached hydrogen (secondary N) is 2. The molecule has 1 aromatic carbocycles. The van der Waals surface area contributed by atoms with Crippen molar-refractivity contribution in [2.75, 3.05) is 0 Å². The molecule has 0 atom stereocenters. The van der Waals surface area contributed by atoms with Crippen LogP contribution in [0.25, 0.3) is 0 Å². The van der Waals surface area contributed by atoms with Crippen LogP contribution in [0.5, 0.6) is 0 Å². The summed E-state index contributed by atoms with van der Waals surface area (Å²) in [4.78, 5) is 22.9. The summed E-state index contributed by atoms with van der Waals surface area (Å²) in [6.07, 6.45) is 2.29. The first-order valence-corrected chi connectivity index (χ1v) is 7.69. The minimum atomic E-state index is -0.986. The Morgan fingerprint density at radius 1 is 1.36 bits per heavy atom. The molecule has 7 heteroatoms. The lowest BCUT2D eigenvalue weighted by atomic mass is 10.1. The average molecular weight is 364 g/mol. The predicted octanol–water partition coefficient (Wildman–Crippen LogP) is 2.68. The number of halogens is 1. The fraction of sp³-hybridized carbons (Fsp3) is 0.267. The van der Waals surface area contributed by atoms with Crippen LogP contribution in [0, 0.1) is 0 Å². The molecule has 114 valence electrons. The number of nitrogens with zero attached hydrogens (tertiary/aromatic N) is 1. The Balaban J connectivity index is 1.63. The Kier molecular flexibility index (Phi) is 3.98. The van der Waals surface area contributed by atoms with E-state index in [9.17, 15) is 9.59 Å². The number of H-pyrrole nitrogens is 1. The zero-order valence-electron chi connectivity index (χ0n) is 11.6. The highest BCUT2D eigenvalue weighted by molar-refractivity contribution is 9.10. The van der Waals surface area contributed by atoms with Crippen LogP contribution in [0.2, 0.25) is 0 Å². The summed E-state index contributed by atoms with van der Waals surface area (Å²) >= 11 is 3.32. The number of rotatable bonds is 5. The van der Waals surface area contributed by atoms with Gasteiger partial charge in [0.25, 0.3) is 5.91 Å². The summed E-state index contributed by atoms with van der Waals surface area (Å²) in [6, 6.07) is 6.49. The van der Waals surface area contributed by atoms with E-state index in [-0.39, 0.29) is 11.5 Å². The molecule has 22 heavy (non-hydrogen) atoms. The second-order valence-corrected chi connectivity index (χ2v) is 6.13. The maximum absolute atomic E-state index is 12.1. The Morgan fingerprint density at radius 3 is 2.77 bits per heavy atom. The van der Waals surface area contributed by atoms with Crippen LogP contribution >= 0.6 is 15.9 Å². The van der Waals surface area contributed by atoms with Gasteiger partial charge in [0.2, 0.25) is 0 Å². The number of hydrogen-bond acceptors (Lipinski definition) is 3. The quantitative estimate of drug-likeness (QED) is 0.760. The van der Waals surface area contributed by atoms with E-state index in [1.165, 1.54) is 12.1 Å². The van der Waals surface area contributed by atoms with Gasteiger partial charge in [0, 0.05) is 22.6 Å². The van der Waals surface area contributed by atoms with Crippen molar-refractivity contribution in [1.82, 2.24) is 15.5 Å². The molecule has 0 bridgehead atoms. The van der Waals surface area contributed by atoms with E-state index in [0.717, 1.165) is 24.1 Å². The van der Waals surface area contributed by atoms with E-state index in [4.69, 9.17) is 5.11 Å². The monoisotopic (exact) mass is 363 g/mol. The SMILES string of the molecule is O=C(O)c1ccc(CNC(=O)c2cc(C3CC3)[nH]n2)c(Br)c1. The van der Waals surface area contributed by atoms with Gasteiger partial charge in [-0.2, -0.15) is 5.10 Å². The Bertz CT molecular complexity index is 737. The van der Waals surface area contributed by atoms with Crippen LogP contribution in [0.1, 0.15) is 50.9 Å². The minimum Gasteiger partial charge on any atom is -0.478 e. The first-order valence-electron chi connectivity index (χ1n) is 6.90. The number of carboxylic acid groups (broad SMARTS) is 1. The van der Waals surface area contributed by atoms with Gasteiger partial charge in [-0.15, -0.1) is 0 Å². The second kappa shape index (κ2) is 5.92. The molecule has 0 unspecified atom stereocenters. The number of carboxylic acids is 1. The van der Waals surface area contributed by atoms with Gasteiger partial charge < -0.3 is 10.4 Å². The van der Waals surface area contributed by atoms with Gasteiger partial charge in [0.15, 0.2) is 0 Å². The number of amides is 1. The van der Waals surface area contributed by atoms with E-state index in [0.29, 0.717) is 22.6 Å². The molecular weight excluding hydrogens is 350 g/mol. The highest BCUT2D eigenvalue weighted by atomic mass is 79.9. The molecule has 1 heterocycles. The molecule has 1 amide bonds. The van der Waals surface area contributed by atoms with Gasteiger partial charge in [-0.25, -0.2) is 4.79 Å². The zero-order valence-corrected chi connectivity index (χ0v) is 13.2. The molecule has 0 radical (unpaired) electrons. The molecule has 2 aromatic rings. The Hall–Kier alpha value is -2.15. The van der Waals surface area contributed by atoms with E-state index < -0.39 is 5.97 Å². The van der Waals surface area contributed by atoms with Crippen molar-refractivity contribution in [3.8, 4) is 0 Å². The molecule has 1 aliphatic rings. The summed E-state index contributed by atoms with van der Waals surface area (Å²) in [5, 5.41) is 18.6. The molecule has 1 fully saturated rings. The number of benzene rings is 1. The number of hydrogen-bond donors (Lipinski definition) is 3. The number of carbonyl (C=O) groups is 2. The van der Waals surface area contributed by atoms with Crippen LogP contribution in [0.15, 0.2) is 28.7 Å². The fourth-order valence-corrected chi connectivity index (χ4v) is 2.67. The molecule has 0 saturated heterocycles. The van der Waals surface area contributed by atoms with Crippen molar-refractivity contribution in [3.63, 3.8) is 0 Å². The number of aromatic carboxylic acids is 1. The molecule has 0 aliphatic heterocycles. The van der Waals surface area contributed by atoms with E-state index in [1.54, 1.807) is 12.1 Å². The summed E-state index contributed by atoms with van der Waals surface area (Å²) in [7, 11) is 0. The first kappa shape index (κ1) is 14.8. The highest BCUT2D eigenvalue weighted by Gasteiger charge is 2.26. The smallest absolute Gasteiger partial charge is 0.335 e.